The van der Waals surface area contributed by atoms with E-state index < -0.39 is 0 Å². The predicted octanol–water partition coefficient (Wildman–Crippen LogP) is 1.69. The molecule has 0 amide bonds. The largest absolute Gasteiger partial charge is 0.409 e. The minimum absolute atomic E-state index is 0.186. The highest BCUT2D eigenvalue weighted by Gasteiger charge is 2.17. The van der Waals surface area contributed by atoms with Crippen molar-refractivity contribution in [3.8, 4) is 0 Å². The Morgan fingerprint density at radius 2 is 2.06 bits per heavy atom. The van der Waals surface area contributed by atoms with Gasteiger partial charge in [-0.25, -0.2) is 0 Å². The maximum Gasteiger partial charge on any atom is 0.172 e. The van der Waals surface area contributed by atoms with E-state index in [2.05, 4.69) is 16.1 Å². The van der Waals surface area contributed by atoms with E-state index in [0.29, 0.717) is 0 Å². The van der Waals surface area contributed by atoms with Crippen LogP contribution in [0, 0.1) is 6.92 Å². The van der Waals surface area contributed by atoms with Gasteiger partial charge in [0.25, 0.3) is 0 Å². The summed E-state index contributed by atoms with van der Waals surface area (Å²) in [6, 6.07) is 6.07. The van der Waals surface area contributed by atoms with E-state index in [4.69, 9.17) is 10.9 Å². The minimum Gasteiger partial charge on any atom is -0.409 e. The van der Waals surface area contributed by atoms with Crippen molar-refractivity contribution >= 4 is 11.5 Å². The summed E-state index contributed by atoms with van der Waals surface area (Å²) in [5.74, 6) is 0.186. The number of rotatable bonds is 2. The first-order chi connectivity index (χ1) is 7.72. The quantitative estimate of drug-likeness (QED) is 0.344. The molecule has 3 N–H and O–H groups in total. The Morgan fingerprint density at radius 3 is 2.69 bits per heavy atom. The normalized spacial score (nSPS) is 16.8. The van der Waals surface area contributed by atoms with Crippen molar-refractivity contribution < 1.29 is 5.21 Å². The first kappa shape index (κ1) is 10.8. The van der Waals surface area contributed by atoms with E-state index in [1.807, 2.05) is 19.1 Å². The molecule has 4 heteroatoms. The van der Waals surface area contributed by atoms with Gasteiger partial charge in [0.1, 0.15) is 0 Å². The SMILES string of the molecule is Cc1ccc(N2CCCC2)c(/C(N)=N/O)c1. The summed E-state index contributed by atoms with van der Waals surface area (Å²) in [6.45, 7) is 4.10. The van der Waals surface area contributed by atoms with Crippen molar-refractivity contribution in [3.63, 3.8) is 0 Å². The summed E-state index contributed by atoms with van der Waals surface area (Å²) < 4.78 is 0. The maximum atomic E-state index is 8.79. The van der Waals surface area contributed by atoms with Crippen LogP contribution in [0.2, 0.25) is 0 Å². The Hall–Kier alpha value is -1.71. The molecule has 0 aliphatic carbocycles. The summed E-state index contributed by atoms with van der Waals surface area (Å²) in [7, 11) is 0. The van der Waals surface area contributed by atoms with Crippen molar-refractivity contribution in [3.05, 3.63) is 29.3 Å². The lowest BCUT2D eigenvalue weighted by molar-refractivity contribution is 0.318. The Labute approximate surface area is 95.4 Å². The Kier molecular flexibility index (Phi) is 2.99. The molecule has 0 bridgehead atoms. The Morgan fingerprint density at radius 1 is 1.38 bits per heavy atom. The molecule has 0 aromatic heterocycles. The summed E-state index contributed by atoms with van der Waals surface area (Å²) in [5.41, 5.74) is 8.71. The number of amidine groups is 1. The number of aryl methyl sites for hydroxylation is 1. The molecule has 0 atom stereocenters. The lowest BCUT2D eigenvalue weighted by Crippen LogP contribution is -2.23. The average Bonchev–Trinajstić information content (AvgIpc) is 2.81. The van der Waals surface area contributed by atoms with Crippen LogP contribution in [0.5, 0.6) is 0 Å². The standard InChI is InChI=1S/C12H17N3O/c1-9-4-5-11(15-6-2-3-7-15)10(8-9)12(13)14-16/h4-5,8,16H,2-3,6-7H2,1H3,(H2,13,14). The van der Waals surface area contributed by atoms with Crippen LogP contribution in [0.25, 0.3) is 0 Å². The minimum atomic E-state index is 0.186. The zero-order valence-corrected chi connectivity index (χ0v) is 9.48. The van der Waals surface area contributed by atoms with Gasteiger partial charge in [-0.05, 0) is 31.9 Å². The van der Waals surface area contributed by atoms with Crippen LogP contribution in [0.3, 0.4) is 0 Å². The number of nitrogens with zero attached hydrogens (tertiary/aromatic N) is 2. The summed E-state index contributed by atoms with van der Waals surface area (Å²) in [6.07, 6.45) is 2.42. The van der Waals surface area contributed by atoms with Crippen molar-refractivity contribution in [1.29, 1.82) is 0 Å². The van der Waals surface area contributed by atoms with Crippen LogP contribution in [-0.4, -0.2) is 24.1 Å². The highest BCUT2D eigenvalue weighted by molar-refractivity contribution is 6.02. The monoisotopic (exact) mass is 219 g/mol. The Bertz CT molecular complexity index is 409. The molecule has 16 heavy (non-hydrogen) atoms. The van der Waals surface area contributed by atoms with Crippen LogP contribution < -0.4 is 10.6 Å². The zero-order valence-electron chi connectivity index (χ0n) is 9.48. The molecule has 0 saturated carbocycles. The number of oxime groups is 1. The summed E-state index contributed by atoms with van der Waals surface area (Å²) in [4.78, 5) is 2.28. The van der Waals surface area contributed by atoms with Gasteiger partial charge in [0.05, 0.1) is 0 Å². The lowest BCUT2D eigenvalue weighted by Gasteiger charge is -2.21. The van der Waals surface area contributed by atoms with Crippen molar-refractivity contribution in [2.24, 2.45) is 10.9 Å². The average molecular weight is 219 g/mol. The Balaban J connectivity index is 2.43. The van der Waals surface area contributed by atoms with Crippen LogP contribution in [0.1, 0.15) is 24.0 Å². The molecule has 86 valence electrons. The molecule has 1 aromatic rings. The molecule has 0 unspecified atom stereocenters. The molecule has 1 heterocycles. The molecule has 1 saturated heterocycles. The number of hydrogen-bond acceptors (Lipinski definition) is 3. The van der Waals surface area contributed by atoms with Gasteiger partial charge >= 0.3 is 0 Å². The fourth-order valence-electron chi connectivity index (χ4n) is 2.14. The van der Waals surface area contributed by atoms with E-state index >= 15 is 0 Å². The van der Waals surface area contributed by atoms with Crippen molar-refractivity contribution in [2.45, 2.75) is 19.8 Å². The first-order valence-electron chi connectivity index (χ1n) is 5.56. The molecular formula is C12H17N3O. The molecule has 4 nitrogen and oxygen atoms in total. The molecule has 2 rings (SSSR count). The van der Waals surface area contributed by atoms with Gasteiger partial charge in [0, 0.05) is 24.3 Å². The molecule has 0 spiro atoms. The van der Waals surface area contributed by atoms with Gasteiger partial charge < -0.3 is 15.8 Å². The number of nitrogens with two attached hydrogens (primary N) is 1. The van der Waals surface area contributed by atoms with Gasteiger partial charge in [-0.2, -0.15) is 0 Å². The van der Waals surface area contributed by atoms with Crippen LogP contribution >= 0.6 is 0 Å². The van der Waals surface area contributed by atoms with Gasteiger partial charge in [-0.3, -0.25) is 0 Å². The summed E-state index contributed by atoms with van der Waals surface area (Å²) in [5, 5.41) is 11.9. The smallest absolute Gasteiger partial charge is 0.172 e. The highest BCUT2D eigenvalue weighted by atomic mass is 16.4. The van der Waals surface area contributed by atoms with Gasteiger partial charge in [0.15, 0.2) is 5.84 Å². The number of hydrogen-bond donors (Lipinski definition) is 2. The highest BCUT2D eigenvalue weighted by Crippen LogP contribution is 2.25. The van der Waals surface area contributed by atoms with E-state index in [0.717, 1.165) is 29.9 Å². The van der Waals surface area contributed by atoms with Crippen LogP contribution in [-0.2, 0) is 0 Å². The summed E-state index contributed by atoms with van der Waals surface area (Å²) >= 11 is 0. The third-order valence-electron chi connectivity index (χ3n) is 2.98. The van der Waals surface area contributed by atoms with E-state index in [1.54, 1.807) is 0 Å². The maximum absolute atomic E-state index is 8.79. The van der Waals surface area contributed by atoms with Crippen molar-refractivity contribution in [1.82, 2.24) is 0 Å². The van der Waals surface area contributed by atoms with E-state index in [1.165, 1.54) is 12.8 Å². The van der Waals surface area contributed by atoms with Gasteiger partial charge in [-0.15, -0.1) is 0 Å². The van der Waals surface area contributed by atoms with E-state index in [-0.39, 0.29) is 5.84 Å². The van der Waals surface area contributed by atoms with E-state index in [9.17, 15) is 0 Å². The second kappa shape index (κ2) is 4.43. The van der Waals surface area contributed by atoms with Crippen LogP contribution in [0.4, 0.5) is 5.69 Å². The molecule has 1 aliphatic heterocycles. The van der Waals surface area contributed by atoms with Crippen LogP contribution in [0.15, 0.2) is 23.4 Å². The fraction of sp³-hybridized carbons (Fsp3) is 0.417. The number of anilines is 1. The third kappa shape index (κ3) is 1.96. The zero-order chi connectivity index (χ0) is 11.5. The predicted molar refractivity (Wildman–Crippen MR) is 65.1 cm³/mol. The first-order valence-corrected chi connectivity index (χ1v) is 5.56. The second-order valence-corrected chi connectivity index (χ2v) is 4.20. The molecular weight excluding hydrogens is 202 g/mol. The van der Waals surface area contributed by atoms with Crippen molar-refractivity contribution in [2.75, 3.05) is 18.0 Å². The molecule has 1 aliphatic rings. The second-order valence-electron chi connectivity index (χ2n) is 4.20. The lowest BCUT2D eigenvalue weighted by atomic mass is 10.1. The van der Waals surface area contributed by atoms with Gasteiger partial charge in [0.2, 0.25) is 0 Å². The third-order valence-corrected chi connectivity index (χ3v) is 2.98. The number of benzene rings is 1. The molecule has 1 aromatic carbocycles. The fourth-order valence-corrected chi connectivity index (χ4v) is 2.14. The molecule has 0 radical (unpaired) electrons. The topological polar surface area (TPSA) is 61.8 Å². The van der Waals surface area contributed by atoms with Gasteiger partial charge in [-0.1, -0.05) is 16.8 Å². The molecule has 1 fully saturated rings.